The Hall–Kier alpha value is -3.18. The molecule has 180 valence electrons. The lowest BCUT2D eigenvalue weighted by Gasteiger charge is -2.13. The van der Waals surface area contributed by atoms with Crippen LogP contribution in [0.15, 0.2) is 82.4 Å². The molecule has 3 aromatic carbocycles. The predicted molar refractivity (Wildman–Crippen MR) is 128 cm³/mol. The number of carbonyl (C=O) groups excluding carboxylic acids is 1. The molecule has 0 aliphatic rings. The van der Waals surface area contributed by atoms with Crippen molar-refractivity contribution in [1.82, 2.24) is 20.1 Å². The average Bonchev–Trinajstić information content (AvgIpc) is 3.24. The SMILES string of the molecule is O=C(NCc1nnc(SCc2ccc(Br)cc2)n1-c1cccc(C(F)(F)F)c1)c1cccc(F)c1. The van der Waals surface area contributed by atoms with Crippen molar-refractivity contribution >= 4 is 33.6 Å². The fourth-order valence-electron chi connectivity index (χ4n) is 3.21. The van der Waals surface area contributed by atoms with Gasteiger partial charge in [0, 0.05) is 15.8 Å². The van der Waals surface area contributed by atoms with E-state index in [1.54, 1.807) is 0 Å². The third-order valence-electron chi connectivity index (χ3n) is 4.91. The highest BCUT2D eigenvalue weighted by Gasteiger charge is 2.31. The zero-order valence-electron chi connectivity index (χ0n) is 17.9. The summed E-state index contributed by atoms with van der Waals surface area (Å²) in [7, 11) is 0. The Morgan fingerprint density at radius 3 is 2.46 bits per heavy atom. The van der Waals surface area contributed by atoms with Crippen LogP contribution in [0.25, 0.3) is 5.69 Å². The van der Waals surface area contributed by atoms with Gasteiger partial charge in [0.1, 0.15) is 5.82 Å². The van der Waals surface area contributed by atoms with E-state index >= 15 is 0 Å². The minimum absolute atomic E-state index is 0.111. The molecule has 1 heterocycles. The number of hydrogen-bond donors (Lipinski definition) is 1. The number of amides is 1. The summed E-state index contributed by atoms with van der Waals surface area (Å²) < 4.78 is 55.9. The van der Waals surface area contributed by atoms with Gasteiger partial charge in [-0.3, -0.25) is 9.36 Å². The van der Waals surface area contributed by atoms with E-state index in [0.717, 1.165) is 28.2 Å². The molecule has 35 heavy (non-hydrogen) atoms. The molecule has 0 radical (unpaired) electrons. The molecule has 0 aliphatic carbocycles. The largest absolute Gasteiger partial charge is 0.416 e. The molecule has 0 fully saturated rings. The Balaban J connectivity index is 1.63. The third kappa shape index (κ3) is 6.29. The standard InChI is InChI=1S/C24H17BrF4N4OS/c25-18-9-7-15(8-10-18)14-35-23-32-31-21(13-30-22(34)16-3-1-5-19(26)11-16)33(23)20-6-2-4-17(12-20)24(27,28)29/h1-12H,13-14H2,(H,30,34). The molecule has 0 saturated carbocycles. The highest BCUT2D eigenvalue weighted by Crippen LogP contribution is 2.32. The Kier molecular flexibility index (Phi) is 7.56. The molecule has 5 nitrogen and oxygen atoms in total. The van der Waals surface area contributed by atoms with Crippen LogP contribution in [-0.4, -0.2) is 20.7 Å². The van der Waals surface area contributed by atoms with Crippen LogP contribution in [0, 0.1) is 5.82 Å². The normalized spacial score (nSPS) is 11.5. The number of halogens is 5. The summed E-state index contributed by atoms with van der Waals surface area (Å²) in [6, 6.07) is 17.6. The van der Waals surface area contributed by atoms with Gasteiger partial charge in [0.15, 0.2) is 11.0 Å². The van der Waals surface area contributed by atoms with Gasteiger partial charge < -0.3 is 5.32 Å². The van der Waals surface area contributed by atoms with E-state index in [9.17, 15) is 22.4 Å². The maximum Gasteiger partial charge on any atom is 0.416 e. The molecule has 0 bridgehead atoms. The number of alkyl halides is 3. The highest BCUT2D eigenvalue weighted by molar-refractivity contribution is 9.10. The molecule has 11 heteroatoms. The topological polar surface area (TPSA) is 59.8 Å². The molecule has 1 aromatic heterocycles. The van der Waals surface area contributed by atoms with Crippen LogP contribution >= 0.6 is 27.7 Å². The summed E-state index contributed by atoms with van der Waals surface area (Å²) in [6.07, 6.45) is -4.53. The number of nitrogens with zero attached hydrogens (tertiary/aromatic N) is 3. The van der Waals surface area contributed by atoms with E-state index in [1.165, 1.54) is 46.7 Å². The van der Waals surface area contributed by atoms with Crippen LogP contribution in [0.1, 0.15) is 27.3 Å². The first-order chi connectivity index (χ1) is 16.7. The molecule has 0 aliphatic heterocycles. The van der Waals surface area contributed by atoms with Gasteiger partial charge in [-0.05, 0) is 54.1 Å². The van der Waals surface area contributed by atoms with E-state index in [2.05, 4.69) is 31.4 Å². The van der Waals surface area contributed by atoms with Crippen molar-refractivity contribution in [3.63, 3.8) is 0 Å². The van der Waals surface area contributed by atoms with E-state index in [-0.39, 0.29) is 23.6 Å². The van der Waals surface area contributed by atoms with Crippen molar-refractivity contribution in [2.45, 2.75) is 23.6 Å². The van der Waals surface area contributed by atoms with Gasteiger partial charge in [-0.15, -0.1) is 10.2 Å². The molecule has 1 N–H and O–H groups in total. The van der Waals surface area contributed by atoms with Gasteiger partial charge in [-0.25, -0.2) is 4.39 Å². The summed E-state index contributed by atoms with van der Waals surface area (Å²) in [6.45, 7) is -0.128. The van der Waals surface area contributed by atoms with Crippen LogP contribution in [0.2, 0.25) is 0 Å². The zero-order valence-corrected chi connectivity index (χ0v) is 20.3. The number of thioether (sulfide) groups is 1. The van der Waals surface area contributed by atoms with E-state index in [0.29, 0.717) is 10.9 Å². The molecule has 0 atom stereocenters. The quantitative estimate of drug-likeness (QED) is 0.208. The molecule has 0 unspecified atom stereocenters. The fraction of sp³-hybridized carbons (Fsp3) is 0.125. The second kappa shape index (κ2) is 10.6. The van der Waals surface area contributed by atoms with Gasteiger partial charge >= 0.3 is 6.18 Å². The first-order valence-electron chi connectivity index (χ1n) is 10.2. The molecule has 1 amide bonds. The minimum Gasteiger partial charge on any atom is -0.345 e. The van der Waals surface area contributed by atoms with Gasteiger partial charge in [-0.2, -0.15) is 13.2 Å². The van der Waals surface area contributed by atoms with Crippen molar-refractivity contribution in [2.75, 3.05) is 0 Å². The number of rotatable bonds is 7. The van der Waals surface area contributed by atoms with Crippen molar-refractivity contribution in [2.24, 2.45) is 0 Å². The van der Waals surface area contributed by atoms with Crippen molar-refractivity contribution in [1.29, 1.82) is 0 Å². The minimum atomic E-state index is -4.53. The monoisotopic (exact) mass is 564 g/mol. The van der Waals surface area contributed by atoms with Crippen LogP contribution in [0.5, 0.6) is 0 Å². The molecular formula is C24H17BrF4N4OS. The van der Waals surface area contributed by atoms with Crippen LogP contribution in [0.4, 0.5) is 17.6 Å². The molecule has 0 spiro atoms. The zero-order chi connectivity index (χ0) is 25.0. The Labute approximate surface area is 210 Å². The van der Waals surface area contributed by atoms with E-state index < -0.39 is 23.5 Å². The van der Waals surface area contributed by atoms with Crippen LogP contribution in [0.3, 0.4) is 0 Å². The second-order valence-corrected chi connectivity index (χ2v) is 9.25. The first kappa shape index (κ1) is 24.9. The number of carbonyl (C=O) groups is 1. The molecule has 0 saturated heterocycles. The van der Waals surface area contributed by atoms with E-state index in [4.69, 9.17) is 0 Å². The average molecular weight is 565 g/mol. The summed E-state index contributed by atoms with van der Waals surface area (Å²) >= 11 is 4.68. The van der Waals surface area contributed by atoms with Crippen molar-refractivity contribution in [3.8, 4) is 5.69 Å². The lowest BCUT2D eigenvalue weighted by Crippen LogP contribution is -2.24. The number of aromatic nitrogens is 3. The number of nitrogens with one attached hydrogen (secondary N) is 1. The Bertz CT molecular complexity index is 1340. The van der Waals surface area contributed by atoms with Crippen molar-refractivity contribution < 1.29 is 22.4 Å². The summed E-state index contributed by atoms with van der Waals surface area (Å²) in [5.74, 6) is -0.379. The van der Waals surface area contributed by atoms with Gasteiger partial charge in [-0.1, -0.05) is 52.0 Å². The third-order valence-corrected chi connectivity index (χ3v) is 6.44. The van der Waals surface area contributed by atoms with Crippen LogP contribution < -0.4 is 5.32 Å². The first-order valence-corrected chi connectivity index (χ1v) is 12.0. The summed E-state index contributed by atoms with van der Waals surface area (Å²) in [4.78, 5) is 12.5. The smallest absolute Gasteiger partial charge is 0.345 e. The fourth-order valence-corrected chi connectivity index (χ4v) is 4.40. The van der Waals surface area contributed by atoms with Crippen molar-refractivity contribution in [3.05, 3.63) is 106 Å². The maximum absolute atomic E-state index is 13.5. The summed E-state index contributed by atoms with van der Waals surface area (Å²) in [5.41, 5.74) is 0.484. The Morgan fingerprint density at radius 1 is 1.00 bits per heavy atom. The number of hydrogen-bond acceptors (Lipinski definition) is 4. The maximum atomic E-state index is 13.5. The Morgan fingerprint density at radius 2 is 1.74 bits per heavy atom. The van der Waals surface area contributed by atoms with Gasteiger partial charge in [0.05, 0.1) is 17.8 Å². The lowest BCUT2D eigenvalue weighted by molar-refractivity contribution is -0.137. The predicted octanol–water partition coefficient (Wildman–Crippen LogP) is 6.41. The lowest BCUT2D eigenvalue weighted by atomic mass is 10.2. The molecule has 4 rings (SSSR count). The summed E-state index contributed by atoms with van der Waals surface area (Å²) in [5, 5.41) is 11.3. The second-order valence-electron chi connectivity index (χ2n) is 7.39. The molecular weight excluding hydrogens is 548 g/mol. The molecule has 4 aromatic rings. The van der Waals surface area contributed by atoms with E-state index in [1.807, 2.05) is 24.3 Å². The van der Waals surface area contributed by atoms with Gasteiger partial charge in [0.2, 0.25) is 0 Å². The number of benzene rings is 3. The highest BCUT2D eigenvalue weighted by atomic mass is 79.9. The van der Waals surface area contributed by atoms with Crippen LogP contribution in [-0.2, 0) is 18.5 Å². The van der Waals surface area contributed by atoms with Gasteiger partial charge in [0.25, 0.3) is 5.91 Å².